The van der Waals surface area contributed by atoms with E-state index >= 15 is 0 Å². The van der Waals surface area contributed by atoms with E-state index < -0.39 is 6.17 Å². The minimum atomic E-state index is -0.408. The summed E-state index contributed by atoms with van der Waals surface area (Å²) in [5, 5.41) is 12.2. The first kappa shape index (κ1) is 23.6. The zero-order valence-corrected chi connectivity index (χ0v) is 19.7. The molecule has 0 aromatic rings. The van der Waals surface area contributed by atoms with Crippen LogP contribution in [0.1, 0.15) is 6.42 Å². The fourth-order valence-electron chi connectivity index (χ4n) is 5.35. The van der Waals surface area contributed by atoms with Crippen molar-refractivity contribution >= 4 is 17.5 Å². The molecule has 31 heavy (non-hydrogen) atoms. The second-order valence-corrected chi connectivity index (χ2v) is 10.3. The Morgan fingerprint density at radius 1 is 1.23 bits per heavy atom. The van der Waals surface area contributed by atoms with Gasteiger partial charge in [0.1, 0.15) is 0 Å². The third-order valence-electron chi connectivity index (χ3n) is 7.14. The van der Waals surface area contributed by atoms with Gasteiger partial charge in [-0.1, -0.05) is 0 Å². The number of likely N-dealkylation sites (N-methyl/N-ethyl adjacent to an activating group) is 1. The first-order valence-electron chi connectivity index (χ1n) is 11.7. The molecule has 0 bridgehead atoms. The molecule has 0 aliphatic carbocycles. The van der Waals surface area contributed by atoms with Gasteiger partial charge < -0.3 is 21.3 Å². The fourth-order valence-corrected chi connectivity index (χ4v) is 5.58. The SMILES string of the molecule is CN(C)CCN1CCN(C2CCNCC2NC(=O)C2C(N)NN3CC(Cl)CNC23)CC1. The number of carbonyl (C=O) groups is 1. The van der Waals surface area contributed by atoms with E-state index in [1.54, 1.807) is 0 Å². The molecule has 1 amide bonds. The van der Waals surface area contributed by atoms with Gasteiger partial charge in [0.15, 0.2) is 0 Å². The first-order chi connectivity index (χ1) is 14.9. The Balaban J connectivity index is 1.32. The van der Waals surface area contributed by atoms with E-state index in [1.165, 1.54) is 0 Å². The quantitative estimate of drug-likeness (QED) is 0.272. The lowest BCUT2D eigenvalue weighted by molar-refractivity contribution is -0.128. The van der Waals surface area contributed by atoms with Crippen LogP contribution in [-0.4, -0.2) is 135 Å². The van der Waals surface area contributed by atoms with Crippen LogP contribution in [-0.2, 0) is 4.79 Å². The van der Waals surface area contributed by atoms with Gasteiger partial charge in [-0.05, 0) is 27.1 Å². The van der Waals surface area contributed by atoms with Crippen molar-refractivity contribution in [3.8, 4) is 0 Å². The number of carbonyl (C=O) groups excluding carboxylic acids is 1. The number of nitrogens with two attached hydrogens (primary N) is 1. The highest BCUT2D eigenvalue weighted by molar-refractivity contribution is 6.21. The van der Waals surface area contributed by atoms with Crippen LogP contribution in [0.15, 0.2) is 0 Å². The number of nitrogens with zero attached hydrogens (tertiary/aromatic N) is 4. The van der Waals surface area contributed by atoms with Gasteiger partial charge in [-0.15, -0.1) is 11.6 Å². The third-order valence-corrected chi connectivity index (χ3v) is 7.43. The van der Waals surface area contributed by atoms with Crippen molar-refractivity contribution in [3.05, 3.63) is 0 Å². The van der Waals surface area contributed by atoms with Gasteiger partial charge in [0.25, 0.3) is 0 Å². The Hall–Kier alpha value is -0.560. The smallest absolute Gasteiger partial charge is 0.229 e. The van der Waals surface area contributed by atoms with Crippen LogP contribution in [0.5, 0.6) is 0 Å². The second-order valence-electron chi connectivity index (χ2n) is 9.64. The third kappa shape index (κ3) is 5.69. The van der Waals surface area contributed by atoms with Crippen LogP contribution in [0.25, 0.3) is 0 Å². The molecule has 0 spiro atoms. The second kappa shape index (κ2) is 10.6. The molecule has 11 heteroatoms. The van der Waals surface area contributed by atoms with E-state index in [4.69, 9.17) is 17.3 Å². The fraction of sp³-hybridized carbons (Fsp3) is 0.950. The zero-order valence-electron chi connectivity index (χ0n) is 18.9. The van der Waals surface area contributed by atoms with Crippen molar-refractivity contribution in [1.82, 2.24) is 41.1 Å². The highest BCUT2D eigenvalue weighted by atomic mass is 35.5. The van der Waals surface area contributed by atoms with Crippen LogP contribution < -0.4 is 27.1 Å². The predicted octanol–water partition coefficient (Wildman–Crippen LogP) is -2.73. The van der Waals surface area contributed by atoms with Gasteiger partial charge in [0, 0.05) is 64.9 Å². The number of piperazine rings is 1. The largest absolute Gasteiger partial charge is 0.350 e. The van der Waals surface area contributed by atoms with E-state index in [1.807, 2.05) is 5.01 Å². The topological polar surface area (TPSA) is 104 Å². The number of fused-ring (bicyclic) bond motifs is 1. The monoisotopic (exact) mass is 457 g/mol. The molecule has 0 saturated carbocycles. The highest BCUT2D eigenvalue weighted by Crippen LogP contribution is 2.23. The van der Waals surface area contributed by atoms with Gasteiger partial charge in [0.2, 0.25) is 5.91 Å². The molecule has 6 N–H and O–H groups in total. The van der Waals surface area contributed by atoms with Gasteiger partial charge in [0.05, 0.1) is 29.7 Å². The zero-order chi connectivity index (χ0) is 22.0. The Kier molecular flexibility index (Phi) is 8.05. The number of hydrazine groups is 1. The number of piperidine rings is 1. The molecule has 4 aliphatic heterocycles. The van der Waals surface area contributed by atoms with Crippen molar-refractivity contribution < 1.29 is 4.79 Å². The van der Waals surface area contributed by atoms with Crippen molar-refractivity contribution in [2.45, 2.75) is 36.2 Å². The molecular weight excluding hydrogens is 418 g/mol. The summed E-state index contributed by atoms with van der Waals surface area (Å²) in [5.41, 5.74) is 9.52. The maximum atomic E-state index is 13.3. The van der Waals surface area contributed by atoms with E-state index in [0.717, 1.165) is 58.8 Å². The highest BCUT2D eigenvalue weighted by Gasteiger charge is 2.47. The number of amides is 1. The van der Waals surface area contributed by atoms with Crippen LogP contribution in [0.2, 0.25) is 0 Å². The van der Waals surface area contributed by atoms with Crippen molar-refractivity contribution in [1.29, 1.82) is 0 Å². The lowest BCUT2D eigenvalue weighted by Gasteiger charge is -2.45. The molecule has 4 saturated heterocycles. The van der Waals surface area contributed by atoms with Crippen LogP contribution >= 0.6 is 11.6 Å². The van der Waals surface area contributed by atoms with Crippen molar-refractivity contribution in [3.63, 3.8) is 0 Å². The van der Waals surface area contributed by atoms with E-state index in [0.29, 0.717) is 19.1 Å². The molecule has 4 aliphatic rings. The van der Waals surface area contributed by atoms with Crippen LogP contribution in [0.3, 0.4) is 0 Å². The Bertz CT molecular complexity index is 603. The minimum absolute atomic E-state index is 0.0149. The number of hydrogen-bond donors (Lipinski definition) is 5. The molecule has 6 atom stereocenters. The molecule has 0 aromatic carbocycles. The maximum absolute atomic E-state index is 13.3. The standard InChI is InChI=1S/C20H40ClN9O/c1-27(2)5-6-28-7-9-29(10-8-28)16-3-4-23-12-15(16)25-20(31)17-18(22)26-30-13-14(21)11-24-19(17)30/h14-19,23-24,26H,3-13,22H2,1-2H3,(H,25,31). The van der Waals surface area contributed by atoms with E-state index in [9.17, 15) is 4.79 Å². The summed E-state index contributed by atoms with van der Waals surface area (Å²) in [5.74, 6) is -0.314. The number of nitrogens with one attached hydrogen (secondary N) is 4. The molecule has 0 radical (unpaired) electrons. The van der Waals surface area contributed by atoms with Crippen LogP contribution in [0, 0.1) is 5.92 Å². The summed E-state index contributed by atoms with van der Waals surface area (Å²) >= 11 is 6.26. The average Bonchev–Trinajstić information content (AvgIpc) is 3.08. The van der Waals surface area contributed by atoms with Gasteiger partial charge >= 0.3 is 0 Å². The number of rotatable bonds is 6. The lowest BCUT2D eigenvalue weighted by Crippen LogP contribution is -2.65. The first-order valence-corrected chi connectivity index (χ1v) is 12.1. The Morgan fingerprint density at radius 2 is 2.00 bits per heavy atom. The summed E-state index contributed by atoms with van der Waals surface area (Å²) in [4.78, 5) is 20.7. The minimum Gasteiger partial charge on any atom is -0.350 e. The summed E-state index contributed by atoms with van der Waals surface area (Å²) in [6, 6.07) is 0.467. The molecule has 10 nitrogen and oxygen atoms in total. The molecule has 6 unspecified atom stereocenters. The predicted molar refractivity (Wildman–Crippen MR) is 123 cm³/mol. The number of alkyl halides is 1. The summed E-state index contributed by atoms with van der Waals surface area (Å²) in [7, 11) is 4.25. The maximum Gasteiger partial charge on any atom is 0.229 e. The normalized spacial score (nSPS) is 38.4. The number of halogens is 1. The molecular formula is C20H40ClN9O. The van der Waals surface area contributed by atoms with Crippen molar-refractivity contribution in [2.24, 2.45) is 11.7 Å². The Labute approximate surface area is 191 Å². The van der Waals surface area contributed by atoms with Gasteiger partial charge in [-0.25, -0.2) is 10.4 Å². The van der Waals surface area contributed by atoms with E-state index in [-0.39, 0.29) is 29.4 Å². The average molecular weight is 458 g/mol. The molecule has 4 rings (SSSR count). The molecule has 4 heterocycles. The molecule has 178 valence electrons. The number of hydrogen-bond acceptors (Lipinski definition) is 9. The Morgan fingerprint density at radius 3 is 2.74 bits per heavy atom. The van der Waals surface area contributed by atoms with Gasteiger partial charge in [-0.3, -0.25) is 19.9 Å². The molecule has 0 aromatic heterocycles. The molecule has 4 fully saturated rings. The van der Waals surface area contributed by atoms with Crippen LogP contribution in [0.4, 0.5) is 0 Å². The summed E-state index contributed by atoms with van der Waals surface area (Å²) in [6.07, 6.45) is 0.536. The summed E-state index contributed by atoms with van der Waals surface area (Å²) in [6.45, 7) is 9.69. The summed E-state index contributed by atoms with van der Waals surface area (Å²) < 4.78 is 0. The lowest BCUT2D eigenvalue weighted by atomic mass is 9.95. The van der Waals surface area contributed by atoms with E-state index in [2.05, 4.69) is 50.2 Å². The van der Waals surface area contributed by atoms with Crippen molar-refractivity contribution in [2.75, 3.05) is 79.5 Å². The van der Waals surface area contributed by atoms with Gasteiger partial charge in [-0.2, -0.15) is 0 Å².